The van der Waals surface area contributed by atoms with E-state index in [4.69, 9.17) is 18.7 Å². The molecule has 0 atom stereocenters. The second kappa shape index (κ2) is 12.4. The molecule has 1 aromatic heterocycles. The summed E-state index contributed by atoms with van der Waals surface area (Å²) < 4.78 is 16.7. The van der Waals surface area contributed by atoms with Crippen LogP contribution < -0.4 is 4.74 Å². The number of aryl methyl sites for hydroxylation is 1. The summed E-state index contributed by atoms with van der Waals surface area (Å²) in [7, 11) is 1.37. The molecule has 3 aromatic carbocycles. The van der Waals surface area contributed by atoms with Crippen molar-refractivity contribution in [3.05, 3.63) is 108 Å². The highest BCUT2D eigenvalue weighted by molar-refractivity contribution is 6.01. The third-order valence-electron chi connectivity index (χ3n) is 5.55. The van der Waals surface area contributed by atoms with Crippen molar-refractivity contribution >= 4 is 11.7 Å². The SMILES string of the molecule is COC(=O)CC/C(=N/OCc1ccccc1OCc1nc(-c2ccccc2)oc1C)c1ccccc1. The number of rotatable bonds is 11. The number of oxazole rings is 1. The summed E-state index contributed by atoms with van der Waals surface area (Å²) >= 11 is 0. The molecular formula is C29H28N2O5. The van der Waals surface area contributed by atoms with Crippen LogP contribution in [0.15, 0.2) is 94.5 Å². The number of hydrogen-bond donors (Lipinski definition) is 0. The number of para-hydroxylation sites is 1. The van der Waals surface area contributed by atoms with Gasteiger partial charge >= 0.3 is 5.97 Å². The Morgan fingerprint density at radius 2 is 1.58 bits per heavy atom. The number of carbonyl (C=O) groups excluding carboxylic acids is 1. The second-order valence-corrected chi connectivity index (χ2v) is 8.04. The molecule has 0 aliphatic rings. The topological polar surface area (TPSA) is 83.2 Å². The van der Waals surface area contributed by atoms with Gasteiger partial charge in [0.1, 0.15) is 30.4 Å². The van der Waals surface area contributed by atoms with Crippen molar-refractivity contribution in [3.63, 3.8) is 0 Å². The third kappa shape index (κ3) is 6.60. The number of carbonyl (C=O) groups is 1. The van der Waals surface area contributed by atoms with Gasteiger partial charge in [-0.1, -0.05) is 71.9 Å². The fourth-order valence-corrected chi connectivity index (χ4v) is 3.55. The molecule has 0 saturated carbocycles. The summed E-state index contributed by atoms with van der Waals surface area (Å²) in [5, 5.41) is 4.33. The Kier molecular flexibility index (Phi) is 8.48. The number of nitrogens with zero attached hydrogens (tertiary/aromatic N) is 2. The summed E-state index contributed by atoms with van der Waals surface area (Å²) in [6.45, 7) is 2.34. The molecule has 0 fully saturated rings. The van der Waals surface area contributed by atoms with Gasteiger partial charge < -0.3 is 18.7 Å². The highest BCUT2D eigenvalue weighted by atomic mass is 16.6. The average molecular weight is 485 g/mol. The van der Waals surface area contributed by atoms with Crippen LogP contribution in [-0.2, 0) is 27.6 Å². The maximum Gasteiger partial charge on any atom is 0.305 e. The van der Waals surface area contributed by atoms with Gasteiger partial charge in [0.2, 0.25) is 5.89 Å². The zero-order chi connectivity index (χ0) is 25.2. The standard InChI is InChI=1S/C29H28N2O5/c1-21-26(30-29(36-21)23-13-7-4-8-14-23)20-34-27-16-10-9-15-24(27)19-35-31-25(17-18-28(32)33-2)22-11-5-3-6-12-22/h3-16H,17-20H2,1-2H3/b31-25-. The highest BCUT2D eigenvalue weighted by Crippen LogP contribution is 2.24. The van der Waals surface area contributed by atoms with E-state index in [1.165, 1.54) is 7.11 Å². The van der Waals surface area contributed by atoms with Crippen molar-refractivity contribution in [1.82, 2.24) is 4.98 Å². The fraction of sp³-hybridized carbons (Fsp3) is 0.207. The van der Waals surface area contributed by atoms with Crippen LogP contribution in [0.1, 0.15) is 35.4 Å². The third-order valence-corrected chi connectivity index (χ3v) is 5.55. The van der Waals surface area contributed by atoms with E-state index in [1.54, 1.807) is 0 Å². The van der Waals surface area contributed by atoms with Gasteiger partial charge in [-0.2, -0.15) is 0 Å². The number of methoxy groups -OCH3 is 1. The molecule has 0 aliphatic carbocycles. The molecule has 0 bridgehead atoms. The van der Waals surface area contributed by atoms with Gasteiger partial charge in [0, 0.05) is 17.5 Å². The minimum Gasteiger partial charge on any atom is -0.487 e. The normalized spacial score (nSPS) is 11.2. The summed E-state index contributed by atoms with van der Waals surface area (Å²) in [6.07, 6.45) is 0.624. The lowest BCUT2D eigenvalue weighted by Crippen LogP contribution is -2.08. The number of esters is 1. The Balaban J connectivity index is 1.42. The van der Waals surface area contributed by atoms with Crippen LogP contribution in [0.3, 0.4) is 0 Å². The van der Waals surface area contributed by atoms with Crippen molar-refractivity contribution in [3.8, 4) is 17.2 Å². The Bertz CT molecular complexity index is 1300. The maximum atomic E-state index is 11.6. The van der Waals surface area contributed by atoms with Crippen LogP contribution in [0.4, 0.5) is 0 Å². The summed E-state index contributed by atoms with van der Waals surface area (Å²) in [6, 6.07) is 27.0. The Labute approximate surface area is 210 Å². The second-order valence-electron chi connectivity index (χ2n) is 8.04. The number of aromatic nitrogens is 1. The van der Waals surface area contributed by atoms with E-state index in [1.807, 2.05) is 91.9 Å². The fourth-order valence-electron chi connectivity index (χ4n) is 3.55. The first-order valence-corrected chi connectivity index (χ1v) is 11.7. The van der Waals surface area contributed by atoms with Crippen molar-refractivity contribution in [1.29, 1.82) is 0 Å². The quantitative estimate of drug-likeness (QED) is 0.145. The van der Waals surface area contributed by atoms with Gasteiger partial charge in [-0.25, -0.2) is 4.98 Å². The molecule has 0 unspecified atom stereocenters. The van der Waals surface area contributed by atoms with Gasteiger partial charge in [0.25, 0.3) is 0 Å². The molecule has 7 heteroatoms. The molecule has 0 N–H and O–H groups in total. The van der Waals surface area contributed by atoms with Gasteiger partial charge in [0.05, 0.1) is 19.2 Å². The van der Waals surface area contributed by atoms with Crippen LogP contribution >= 0.6 is 0 Å². The van der Waals surface area contributed by atoms with E-state index in [0.29, 0.717) is 29.5 Å². The molecule has 0 radical (unpaired) electrons. The molecule has 36 heavy (non-hydrogen) atoms. The predicted octanol–water partition coefficient (Wildman–Crippen LogP) is 6.10. The van der Waals surface area contributed by atoms with E-state index in [-0.39, 0.29) is 25.6 Å². The minimum absolute atomic E-state index is 0.206. The summed E-state index contributed by atoms with van der Waals surface area (Å²) in [5.74, 6) is 1.66. The largest absolute Gasteiger partial charge is 0.487 e. The lowest BCUT2D eigenvalue weighted by Gasteiger charge is -2.11. The smallest absolute Gasteiger partial charge is 0.305 e. The Morgan fingerprint density at radius 3 is 2.33 bits per heavy atom. The molecular weight excluding hydrogens is 456 g/mol. The zero-order valence-electron chi connectivity index (χ0n) is 20.3. The number of hydrogen-bond acceptors (Lipinski definition) is 7. The lowest BCUT2D eigenvalue weighted by atomic mass is 10.1. The molecule has 0 aliphatic heterocycles. The summed E-state index contributed by atoms with van der Waals surface area (Å²) in [4.78, 5) is 21.9. The van der Waals surface area contributed by atoms with Crippen LogP contribution in [-0.4, -0.2) is 23.8 Å². The highest BCUT2D eigenvalue weighted by Gasteiger charge is 2.13. The zero-order valence-corrected chi connectivity index (χ0v) is 20.3. The minimum atomic E-state index is -0.295. The predicted molar refractivity (Wildman–Crippen MR) is 136 cm³/mol. The van der Waals surface area contributed by atoms with E-state index in [9.17, 15) is 4.79 Å². The van der Waals surface area contributed by atoms with E-state index in [0.717, 1.165) is 22.4 Å². The molecule has 7 nitrogen and oxygen atoms in total. The Morgan fingerprint density at radius 1 is 0.889 bits per heavy atom. The van der Waals surface area contributed by atoms with Crippen LogP contribution in [0, 0.1) is 6.92 Å². The van der Waals surface area contributed by atoms with Crippen molar-refractivity contribution in [2.45, 2.75) is 33.0 Å². The molecule has 4 rings (SSSR count). The Hall–Kier alpha value is -4.39. The molecule has 4 aromatic rings. The van der Waals surface area contributed by atoms with Crippen LogP contribution in [0.5, 0.6) is 5.75 Å². The lowest BCUT2D eigenvalue weighted by molar-refractivity contribution is -0.140. The molecule has 1 heterocycles. The van der Waals surface area contributed by atoms with Gasteiger partial charge in [0.15, 0.2) is 0 Å². The molecule has 0 saturated heterocycles. The first kappa shape index (κ1) is 24.7. The van der Waals surface area contributed by atoms with E-state index < -0.39 is 0 Å². The average Bonchev–Trinajstić information content (AvgIpc) is 3.31. The number of benzene rings is 3. The monoisotopic (exact) mass is 484 g/mol. The van der Waals surface area contributed by atoms with Crippen molar-refractivity contribution in [2.75, 3.05) is 7.11 Å². The van der Waals surface area contributed by atoms with Gasteiger partial charge in [-0.15, -0.1) is 0 Å². The molecule has 0 spiro atoms. The number of oxime groups is 1. The number of ether oxygens (including phenoxy) is 2. The molecule has 184 valence electrons. The first-order chi connectivity index (χ1) is 17.6. The molecule has 0 amide bonds. The van der Waals surface area contributed by atoms with Gasteiger partial charge in [-0.05, 0) is 30.7 Å². The maximum absolute atomic E-state index is 11.6. The van der Waals surface area contributed by atoms with E-state index in [2.05, 4.69) is 10.1 Å². The van der Waals surface area contributed by atoms with Crippen molar-refractivity contribution < 1.29 is 23.5 Å². The first-order valence-electron chi connectivity index (χ1n) is 11.7. The van der Waals surface area contributed by atoms with Crippen molar-refractivity contribution in [2.24, 2.45) is 5.16 Å². The van der Waals surface area contributed by atoms with Crippen LogP contribution in [0.2, 0.25) is 0 Å². The van der Waals surface area contributed by atoms with E-state index >= 15 is 0 Å². The summed E-state index contributed by atoms with van der Waals surface area (Å²) in [5.41, 5.74) is 4.05. The van der Waals surface area contributed by atoms with Gasteiger partial charge in [-0.3, -0.25) is 4.79 Å². The van der Waals surface area contributed by atoms with Crippen LogP contribution in [0.25, 0.3) is 11.5 Å².